The van der Waals surface area contributed by atoms with Gasteiger partial charge in [-0.05, 0) is 36.4 Å². The van der Waals surface area contributed by atoms with Crippen LogP contribution in [0.2, 0.25) is 0 Å². The van der Waals surface area contributed by atoms with E-state index in [2.05, 4.69) is 40.6 Å². The summed E-state index contributed by atoms with van der Waals surface area (Å²) in [6.45, 7) is 0. The van der Waals surface area contributed by atoms with Gasteiger partial charge in [0.15, 0.2) is 0 Å². The van der Waals surface area contributed by atoms with Gasteiger partial charge in [-0.25, -0.2) is 0 Å². The van der Waals surface area contributed by atoms with Crippen LogP contribution in [0.1, 0.15) is 0 Å². The predicted octanol–water partition coefficient (Wildman–Crippen LogP) is 4.59. The first-order chi connectivity index (χ1) is 9.45. The van der Waals surface area contributed by atoms with Crippen LogP contribution >= 0.6 is 0 Å². The van der Waals surface area contributed by atoms with Gasteiger partial charge in [0, 0.05) is 17.5 Å². The summed E-state index contributed by atoms with van der Waals surface area (Å²) in [5, 5.41) is 0. The quantitative estimate of drug-likeness (QED) is 0.713. The average molecular weight is 243 g/mol. The largest absolute Gasteiger partial charge is 0.310 e. The lowest BCUT2D eigenvalue weighted by Crippen LogP contribution is -2.14. The second kappa shape index (κ2) is 5.29. The van der Waals surface area contributed by atoms with Gasteiger partial charge in [-0.1, -0.05) is 47.9 Å². The van der Waals surface area contributed by atoms with Crippen molar-refractivity contribution in [1.29, 1.82) is 0 Å². The van der Waals surface area contributed by atoms with Crippen molar-refractivity contribution in [3.8, 4) is 0 Å². The highest BCUT2D eigenvalue weighted by molar-refractivity contribution is 5.70. The molecule has 0 spiro atoms. The summed E-state index contributed by atoms with van der Waals surface area (Å²) >= 11 is 0. The Bertz CT molecular complexity index is 643. The van der Waals surface area contributed by atoms with Crippen molar-refractivity contribution in [2.45, 2.75) is 0 Å². The lowest BCUT2D eigenvalue weighted by atomic mass is 10.2. The highest BCUT2D eigenvalue weighted by Crippen LogP contribution is 2.30. The van der Waals surface area contributed by atoms with Crippen LogP contribution in [0.25, 0.3) is 0 Å². The molecule has 0 aliphatic heterocycles. The second-order valence-corrected chi connectivity index (χ2v) is 4.20. The van der Waals surface area contributed by atoms with E-state index in [0.717, 1.165) is 17.1 Å². The standard InChI is InChI=1S/C18H13N/c1-4-10-16(11-5-1)19(17-12-6-2-7-13-17)18-14-8-3-9-15-18/h1-2,4-8,10-15H. The maximum absolute atomic E-state index is 3.01. The van der Waals surface area contributed by atoms with Crippen molar-refractivity contribution in [2.75, 3.05) is 4.90 Å². The van der Waals surface area contributed by atoms with Crippen molar-refractivity contribution in [1.82, 2.24) is 0 Å². The number of rotatable bonds is 3. The van der Waals surface area contributed by atoms with Gasteiger partial charge in [0.1, 0.15) is 0 Å². The molecule has 1 aliphatic carbocycles. The van der Waals surface area contributed by atoms with Gasteiger partial charge >= 0.3 is 0 Å². The van der Waals surface area contributed by atoms with Crippen molar-refractivity contribution >= 4 is 11.4 Å². The molecule has 0 amide bonds. The van der Waals surface area contributed by atoms with E-state index < -0.39 is 0 Å². The van der Waals surface area contributed by atoms with Gasteiger partial charge in [-0.3, -0.25) is 0 Å². The first kappa shape index (κ1) is 11.4. The maximum Gasteiger partial charge on any atom is 0.0551 e. The van der Waals surface area contributed by atoms with Crippen LogP contribution in [0.4, 0.5) is 11.4 Å². The highest BCUT2D eigenvalue weighted by atomic mass is 15.1. The zero-order valence-electron chi connectivity index (χ0n) is 10.5. The Morgan fingerprint density at radius 2 is 1.26 bits per heavy atom. The third-order valence-electron chi connectivity index (χ3n) is 2.93. The fourth-order valence-electron chi connectivity index (χ4n) is 2.08. The SMILES string of the molecule is C1=C=CC(N(c2ccccc2)c2ccccc2)=CC=1. The normalized spacial score (nSPS) is 12.3. The van der Waals surface area contributed by atoms with Crippen LogP contribution in [-0.4, -0.2) is 0 Å². The third-order valence-corrected chi connectivity index (χ3v) is 2.93. The molecule has 0 N–H and O–H groups in total. The van der Waals surface area contributed by atoms with E-state index in [1.807, 2.05) is 54.6 Å². The summed E-state index contributed by atoms with van der Waals surface area (Å²) in [5.74, 6) is 0. The van der Waals surface area contributed by atoms with Crippen molar-refractivity contribution in [2.24, 2.45) is 0 Å². The van der Waals surface area contributed by atoms with Crippen molar-refractivity contribution in [3.05, 3.63) is 96.1 Å². The molecule has 1 heteroatoms. The molecule has 2 aromatic rings. The minimum atomic E-state index is 1.08. The van der Waals surface area contributed by atoms with Crippen LogP contribution < -0.4 is 4.90 Å². The minimum absolute atomic E-state index is 1.08. The van der Waals surface area contributed by atoms with Gasteiger partial charge in [-0.2, -0.15) is 0 Å². The fraction of sp³-hybridized carbons (Fsp3) is 0. The number of hydrogen-bond acceptors (Lipinski definition) is 1. The number of nitrogens with zero attached hydrogens (tertiary/aromatic N) is 1. The summed E-state index contributed by atoms with van der Waals surface area (Å²) in [7, 11) is 0. The van der Waals surface area contributed by atoms with Crippen molar-refractivity contribution in [3.63, 3.8) is 0 Å². The Morgan fingerprint density at radius 1 is 0.684 bits per heavy atom. The topological polar surface area (TPSA) is 3.24 Å². The molecule has 90 valence electrons. The molecule has 1 aliphatic rings. The Labute approximate surface area is 113 Å². The van der Waals surface area contributed by atoms with E-state index in [1.54, 1.807) is 0 Å². The molecule has 0 aromatic heterocycles. The van der Waals surface area contributed by atoms with Crippen LogP contribution in [0.5, 0.6) is 0 Å². The zero-order chi connectivity index (χ0) is 12.9. The first-order valence-corrected chi connectivity index (χ1v) is 6.23. The van der Waals surface area contributed by atoms with Gasteiger partial charge in [0.05, 0.1) is 5.70 Å². The monoisotopic (exact) mass is 243 g/mol. The van der Waals surface area contributed by atoms with Crippen LogP contribution in [0.3, 0.4) is 0 Å². The molecule has 19 heavy (non-hydrogen) atoms. The number of allylic oxidation sites excluding steroid dienone is 3. The van der Waals surface area contributed by atoms with E-state index in [1.165, 1.54) is 0 Å². The number of para-hydroxylation sites is 2. The van der Waals surface area contributed by atoms with E-state index in [0.29, 0.717) is 0 Å². The van der Waals surface area contributed by atoms with Crippen molar-refractivity contribution < 1.29 is 0 Å². The number of anilines is 2. The lowest BCUT2D eigenvalue weighted by molar-refractivity contribution is 1.21. The number of hydrogen-bond donors (Lipinski definition) is 0. The summed E-state index contributed by atoms with van der Waals surface area (Å²) in [6.07, 6.45) is 5.87. The highest BCUT2D eigenvalue weighted by Gasteiger charge is 2.12. The van der Waals surface area contributed by atoms with Gasteiger partial charge in [0.2, 0.25) is 0 Å². The maximum atomic E-state index is 3.01. The molecule has 3 rings (SSSR count). The molecular formula is C18H13N. The first-order valence-electron chi connectivity index (χ1n) is 6.23. The van der Waals surface area contributed by atoms with E-state index in [9.17, 15) is 0 Å². The average Bonchev–Trinajstić information content (AvgIpc) is 2.51. The van der Waals surface area contributed by atoms with Gasteiger partial charge in [0.25, 0.3) is 0 Å². The molecule has 0 radical (unpaired) electrons. The molecule has 0 atom stereocenters. The Balaban J connectivity index is 2.10. The van der Waals surface area contributed by atoms with Crippen LogP contribution in [0.15, 0.2) is 96.1 Å². The molecule has 0 unspecified atom stereocenters. The molecule has 0 bridgehead atoms. The van der Waals surface area contributed by atoms with E-state index in [-0.39, 0.29) is 0 Å². The predicted molar refractivity (Wildman–Crippen MR) is 79.3 cm³/mol. The summed E-state index contributed by atoms with van der Waals surface area (Å²) in [5.41, 5.74) is 9.30. The lowest BCUT2D eigenvalue weighted by Gasteiger charge is -2.25. The van der Waals surface area contributed by atoms with E-state index in [4.69, 9.17) is 0 Å². The molecular weight excluding hydrogens is 230 g/mol. The molecule has 2 aromatic carbocycles. The smallest absolute Gasteiger partial charge is 0.0551 e. The fourth-order valence-corrected chi connectivity index (χ4v) is 2.08. The molecule has 0 fully saturated rings. The second-order valence-electron chi connectivity index (χ2n) is 4.20. The Kier molecular flexibility index (Phi) is 3.16. The molecule has 0 heterocycles. The summed E-state index contributed by atoms with van der Waals surface area (Å²) in [6, 6.07) is 20.6. The van der Waals surface area contributed by atoms with Crippen LogP contribution in [0, 0.1) is 0 Å². The third kappa shape index (κ3) is 2.43. The molecule has 0 saturated heterocycles. The summed E-state index contributed by atoms with van der Waals surface area (Å²) in [4.78, 5) is 2.20. The Hall–Kier alpha value is -2.72. The number of benzene rings is 2. The van der Waals surface area contributed by atoms with E-state index >= 15 is 0 Å². The molecule has 1 nitrogen and oxygen atoms in total. The zero-order valence-corrected chi connectivity index (χ0v) is 10.5. The Morgan fingerprint density at radius 3 is 1.74 bits per heavy atom. The minimum Gasteiger partial charge on any atom is -0.310 e. The molecule has 0 saturated carbocycles. The van der Waals surface area contributed by atoms with Gasteiger partial charge in [-0.15, -0.1) is 0 Å². The van der Waals surface area contributed by atoms with Gasteiger partial charge < -0.3 is 4.90 Å². The van der Waals surface area contributed by atoms with Crippen LogP contribution in [-0.2, 0) is 0 Å². The summed E-state index contributed by atoms with van der Waals surface area (Å²) < 4.78 is 0.